The van der Waals surface area contributed by atoms with Gasteiger partial charge in [0.25, 0.3) is 5.91 Å². The Kier molecular flexibility index (Phi) is 5.78. The predicted molar refractivity (Wildman–Crippen MR) is 98.6 cm³/mol. The molecule has 0 aromatic heterocycles. The number of halogens is 3. The highest BCUT2D eigenvalue weighted by Gasteiger charge is 2.33. The predicted octanol–water partition coefficient (Wildman–Crippen LogP) is 3.99. The molecule has 0 radical (unpaired) electrons. The van der Waals surface area contributed by atoms with Crippen LogP contribution < -0.4 is 5.32 Å². The standard InChI is InChI=1S/C18H15BrClFN2O3/c19-14-6-13(16(21)7-15(14)20)17(24)22-12-8-23(9-12)18(25)26-10-11-4-2-1-3-5-11/h1-7,12H,8-10H2,(H,22,24). The average Bonchev–Trinajstić information content (AvgIpc) is 2.59. The molecule has 2 amide bonds. The molecule has 1 aliphatic rings. The van der Waals surface area contributed by atoms with Crippen LogP contribution in [-0.2, 0) is 11.3 Å². The number of ether oxygens (including phenoxy) is 1. The van der Waals surface area contributed by atoms with Gasteiger partial charge in [-0.3, -0.25) is 4.79 Å². The quantitative estimate of drug-likeness (QED) is 0.730. The second-order valence-electron chi connectivity index (χ2n) is 5.86. The Morgan fingerprint density at radius 3 is 2.65 bits per heavy atom. The van der Waals surface area contributed by atoms with E-state index in [9.17, 15) is 14.0 Å². The Hall–Kier alpha value is -2.12. The zero-order valence-electron chi connectivity index (χ0n) is 13.5. The molecule has 5 nitrogen and oxygen atoms in total. The first-order chi connectivity index (χ1) is 12.4. The smallest absolute Gasteiger partial charge is 0.410 e. The number of hydrogen-bond donors (Lipinski definition) is 1. The first-order valence-electron chi connectivity index (χ1n) is 7.85. The molecule has 2 aromatic carbocycles. The zero-order chi connectivity index (χ0) is 18.7. The van der Waals surface area contributed by atoms with E-state index in [0.717, 1.165) is 11.6 Å². The normalized spacial score (nSPS) is 13.9. The molecule has 1 aliphatic heterocycles. The van der Waals surface area contributed by atoms with Gasteiger partial charge in [0.2, 0.25) is 0 Å². The van der Waals surface area contributed by atoms with Crippen LogP contribution in [0.3, 0.4) is 0 Å². The van der Waals surface area contributed by atoms with Gasteiger partial charge in [0, 0.05) is 17.6 Å². The highest BCUT2D eigenvalue weighted by atomic mass is 79.9. The number of likely N-dealkylation sites (tertiary alicyclic amines) is 1. The van der Waals surface area contributed by atoms with Crippen molar-refractivity contribution in [2.24, 2.45) is 0 Å². The summed E-state index contributed by atoms with van der Waals surface area (Å²) in [4.78, 5) is 25.6. The molecule has 1 saturated heterocycles. The SMILES string of the molecule is O=C(NC1CN(C(=O)OCc2ccccc2)C1)c1cc(Br)c(Cl)cc1F. The third kappa shape index (κ3) is 4.34. The van der Waals surface area contributed by atoms with E-state index in [4.69, 9.17) is 16.3 Å². The summed E-state index contributed by atoms with van der Waals surface area (Å²) in [5.41, 5.74) is 0.793. The summed E-state index contributed by atoms with van der Waals surface area (Å²) in [5, 5.41) is 2.88. The van der Waals surface area contributed by atoms with Crippen molar-refractivity contribution in [1.82, 2.24) is 10.2 Å². The molecule has 8 heteroatoms. The van der Waals surface area contributed by atoms with E-state index in [-0.39, 0.29) is 23.2 Å². The summed E-state index contributed by atoms with van der Waals surface area (Å²) < 4.78 is 19.5. The van der Waals surface area contributed by atoms with Gasteiger partial charge >= 0.3 is 6.09 Å². The molecule has 1 fully saturated rings. The maximum atomic E-state index is 13.9. The molecule has 3 rings (SSSR count). The van der Waals surface area contributed by atoms with Crippen molar-refractivity contribution in [3.8, 4) is 0 Å². The van der Waals surface area contributed by atoms with Crippen molar-refractivity contribution in [1.29, 1.82) is 0 Å². The largest absolute Gasteiger partial charge is 0.445 e. The molecule has 26 heavy (non-hydrogen) atoms. The van der Waals surface area contributed by atoms with Gasteiger partial charge in [0.15, 0.2) is 0 Å². The molecule has 1 heterocycles. The molecule has 0 unspecified atom stereocenters. The maximum Gasteiger partial charge on any atom is 0.410 e. The fourth-order valence-electron chi connectivity index (χ4n) is 2.49. The minimum absolute atomic E-state index is 0.105. The molecular weight excluding hydrogens is 427 g/mol. The van der Waals surface area contributed by atoms with E-state index < -0.39 is 17.8 Å². The maximum absolute atomic E-state index is 13.9. The molecular formula is C18H15BrClFN2O3. The van der Waals surface area contributed by atoms with E-state index in [1.165, 1.54) is 11.0 Å². The van der Waals surface area contributed by atoms with Crippen LogP contribution in [0.1, 0.15) is 15.9 Å². The summed E-state index contributed by atoms with van der Waals surface area (Å²) in [7, 11) is 0. The van der Waals surface area contributed by atoms with Crippen LogP contribution in [0.5, 0.6) is 0 Å². The first kappa shape index (κ1) is 18.7. The van der Waals surface area contributed by atoms with Crippen LogP contribution in [-0.4, -0.2) is 36.0 Å². The molecule has 0 atom stereocenters. The van der Waals surface area contributed by atoms with Gasteiger partial charge in [-0.15, -0.1) is 0 Å². The van der Waals surface area contributed by atoms with Crippen LogP contribution in [0.4, 0.5) is 9.18 Å². The van der Waals surface area contributed by atoms with Gasteiger partial charge < -0.3 is 15.0 Å². The van der Waals surface area contributed by atoms with E-state index >= 15 is 0 Å². The van der Waals surface area contributed by atoms with Gasteiger partial charge in [0.1, 0.15) is 12.4 Å². The number of nitrogens with one attached hydrogen (secondary N) is 1. The van der Waals surface area contributed by atoms with Gasteiger partial charge in [-0.05, 0) is 33.6 Å². The molecule has 1 N–H and O–H groups in total. The molecule has 0 spiro atoms. The van der Waals surface area contributed by atoms with Crippen molar-refractivity contribution >= 4 is 39.5 Å². The molecule has 2 aromatic rings. The van der Waals surface area contributed by atoms with Crippen molar-refractivity contribution in [2.75, 3.05) is 13.1 Å². The highest BCUT2D eigenvalue weighted by molar-refractivity contribution is 9.10. The van der Waals surface area contributed by atoms with Crippen molar-refractivity contribution in [3.05, 3.63) is 68.9 Å². The van der Waals surface area contributed by atoms with Crippen molar-refractivity contribution in [2.45, 2.75) is 12.6 Å². The van der Waals surface area contributed by atoms with Crippen molar-refractivity contribution < 1.29 is 18.7 Å². The third-order valence-electron chi connectivity index (χ3n) is 3.93. The number of carbonyl (C=O) groups excluding carboxylic acids is 2. The van der Waals surface area contributed by atoms with Crippen LogP contribution in [0.25, 0.3) is 0 Å². The Balaban J connectivity index is 1.47. The minimum Gasteiger partial charge on any atom is -0.445 e. The van der Waals surface area contributed by atoms with Crippen LogP contribution in [0.2, 0.25) is 5.02 Å². The van der Waals surface area contributed by atoms with Gasteiger partial charge in [-0.2, -0.15) is 0 Å². The van der Waals surface area contributed by atoms with E-state index in [1.54, 1.807) is 0 Å². The Bertz CT molecular complexity index is 829. The molecule has 136 valence electrons. The summed E-state index contributed by atoms with van der Waals surface area (Å²) >= 11 is 8.95. The monoisotopic (exact) mass is 440 g/mol. The summed E-state index contributed by atoms with van der Waals surface area (Å²) in [6, 6.07) is 11.5. The number of amides is 2. The fraction of sp³-hybridized carbons (Fsp3) is 0.222. The Labute approximate surface area is 163 Å². The molecule has 0 bridgehead atoms. The summed E-state index contributed by atoms with van der Waals surface area (Å²) in [5.74, 6) is -1.25. The lowest BCUT2D eigenvalue weighted by Gasteiger charge is -2.38. The fourth-order valence-corrected chi connectivity index (χ4v) is 2.98. The minimum atomic E-state index is -0.700. The van der Waals surface area contributed by atoms with E-state index in [1.807, 2.05) is 30.3 Å². The lowest BCUT2D eigenvalue weighted by Crippen LogP contribution is -2.61. The molecule has 0 saturated carbocycles. The zero-order valence-corrected chi connectivity index (χ0v) is 15.9. The topological polar surface area (TPSA) is 58.6 Å². The molecule has 0 aliphatic carbocycles. The van der Waals surface area contributed by atoms with Gasteiger partial charge in [-0.1, -0.05) is 41.9 Å². The highest BCUT2D eigenvalue weighted by Crippen LogP contribution is 2.26. The number of nitrogens with zero attached hydrogens (tertiary/aromatic N) is 1. The second kappa shape index (κ2) is 8.05. The summed E-state index contributed by atoms with van der Waals surface area (Å²) in [6.07, 6.45) is -0.445. The lowest BCUT2D eigenvalue weighted by molar-refractivity contribution is 0.0559. The number of benzene rings is 2. The van der Waals surface area contributed by atoms with Gasteiger partial charge in [0.05, 0.1) is 16.6 Å². The Morgan fingerprint density at radius 1 is 1.27 bits per heavy atom. The second-order valence-corrected chi connectivity index (χ2v) is 7.12. The van der Waals surface area contributed by atoms with E-state index in [2.05, 4.69) is 21.2 Å². The van der Waals surface area contributed by atoms with Crippen LogP contribution >= 0.6 is 27.5 Å². The summed E-state index contributed by atoms with van der Waals surface area (Å²) in [6.45, 7) is 0.822. The lowest BCUT2D eigenvalue weighted by atomic mass is 10.1. The number of hydrogen-bond acceptors (Lipinski definition) is 3. The van der Waals surface area contributed by atoms with Crippen molar-refractivity contribution in [3.63, 3.8) is 0 Å². The van der Waals surface area contributed by atoms with Crippen LogP contribution in [0, 0.1) is 5.82 Å². The Morgan fingerprint density at radius 2 is 1.96 bits per heavy atom. The first-order valence-corrected chi connectivity index (χ1v) is 9.02. The van der Waals surface area contributed by atoms with Gasteiger partial charge in [-0.25, -0.2) is 9.18 Å². The third-order valence-corrected chi connectivity index (χ3v) is 5.13. The van der Waals surface area contributed by atoms with E-state index in [0.29, 0.717) is 17.6 Å². The number of rotatable bonds is 4. The van der Waals surface area contributed by atoms with Crippen LogP contribution in [0.15, 0.2) is 46.9 Å². The average molecular weight is 442 g/mol. The number of carbonyl (C=O) groups is 2.